The summed E-state index contributed by atoms with van der Waals surface area (Å²) < 4.78 is 44.1. The average Bonchev–Trinajstić information content (AvgIpc) is 3.46. The Morgan fingerprint density at radius 2 is 1.90 bits per heavy atom. The van der Waals surface area contributed by atoms with Crippen LogP contribution in [0.3, 0.4) is 0 Å². The predicted molar refractivity (Wildman–Crippen MR) is 149 cm³/mol. The maximum Gasteiger partial charge on any atom is 0.290 e. The molecule has 1 saturated heterocycles. The Bertz CT molecular complexity index is 1480. The van der Waals surface area contributed by atoms with Gasteiger partial charge in [-0.25, -0.2) is 12.8 Å². The molecule has 4 rings (SSSR count). The van der Waals surface area contributed by atoms with Gasteiger partial charge in [-0.2, -0.15) is 4.72 Å². The van der Waals surface area contributed by atoms with E-state index >= 15 is 0 Å². The van der Waals surface area contributed by atoms with E-state index in [2.05, 4.69) is 4.72 Å². The molecule has 1 fully saturated rings. The minimum atomic E-state index is -3.98. The third-order valence-electron chi connectivity index (χ3n) is 5.94. The van der Waals surface area contributed by atoms with Crippen LogP contribution in [-0.4, -0.2) is 88.4 Å². The topological polar surface area (TPSA) is 127 Å². The maximum atomic E-state index is 15.0. The smallest absolute Gasteiger partial charge is 0.290 e. The number of nitrogens with one attached hydrogen (secondary N) is 1. The van der Waals surface area contributed by atoms with Crippen molar-refractivity contribution >= 4 is 67.0 Å². The van der Waals surface area contributed by atoms with Crippen LogP contribution in [0.5, 0.6) is 0 Å². The molecule has 2 heterocycles. The summed E-state index contributed by atoms with van der Waals surface area (Å²) in [4.78, 5) is 38.6. The number of carboxylic acid groups (broad SMARTS) is 1. The Kier molecular flexibility index (Phi) is 10.0. The minimum Gasteiger partial charge on any atom is -0.483 e. The molecule has 1 aromatic heterocycles. The number of carbonyl (C=O) groups excluding carboxylic acids is 2. The summed E-state index contributed by atoms with van der Waals surface area (Å²) in [5.74, 6) is -1.60. The van der Waals surface area contributed by atoms with Gasteiger partial charge in [0.1, 0.15) is 16.1 Å². The van der Waals surface area contributed by atoms with Gasteiger partial charge >= 0.3 is 0 Å². The van der Waals surface area contributed by atoms with E-state index in [-0.39, 0.29) is 40.8 Å². The van der Waals surface area contributed by atoms with Gasteiger partial charge in [0.2, 0.25) is 5.91 Å². The molecule has 0 spiro atoms. The lowest BCUT2D eigenvalue weighted by Gasteiger charge is -2.21. The molecule has 39 heavy (non-hydrogen) atoms. The van der Waals surface area contributed by atoms with Crippen molar-refractivity contribution in [3.05, 3.63) is 58.9 Å². The van der Waals surface area contributed by atoms with E-state index in [0.29, 0.717) is 22.8 Å². The van der Waals surface area contributed by atoms with Crippen molar-refractivity contribution in [2.45, 2.75) is 16.7 Å². The number of nitrogens with zero attached hydrogens (tertiary/aromatic N) is 3. The first kappa shape index (κ1) is 30.4. The number of anilines is 1. The van der Waals surface area contributed by atoms with Crippen LogP contribution in [0.2, 0.25) is 5.02 Å². The van der Waals surface area contributed by atoms with Gasteiger partial charge in [-0.05, 0) is 62.3 Å². The highest BCUT2D eigenvalue weighted by molar-refractivity contribution is 7.91. The summed E-state index contributed by atoms with van der Waals surface area (Å²) in [6.07, 6.45) is 0.183. The van der Waals surface area contributed by atoms with Gasteiger partial charge in [-0.1, -0.05) is 17.7 Å². The zero-order valence-electron chi connectivity index (χ0n) is 21.4. The SMILES string of the molecule is CN(C)CCN(C)C(=O)c1ccc(N2CCC(NS(=O)(=O)c3cc4ccc(Cl)cc4s3)C2=O)c(F)c1.O=CO. The van der Waals surface area contributed by atoms with E-state index in [1.165, 1.54) is 28.0 Å². The van der Waals surface area contributed by atoms with Gasteiger partial charge in [0, 0.05) is 42.0 Å². The minimum absolute atomic E-state index is 0.00527. The first-order valence-corrected chi connectivity index (χ1v) is 14.4. The van der Waals surface area contributed by atoms with Crippen molar-refractivity contribution in [2.75, 3.05) is 45.7 Å². The normalized spacial score (nSPS) is 15.4. The number of halogens is 2. The number of sulfonamides is 1. The summed E-state index contributed by atoms with van der Waals surface area (Å²) in [7, 11) is 1.46. The molecule has 14 heteroatoms. The quantitative estimate of drug-likeness (QED) is 0.381. The van der Waals surface area contributed by atoms with Crippen molar-refractivity contribution in [3.8, 4) is 0 Å². The number of hydrogen-bond donors (Lipinski definition) is 2. The first-order valence-electron chi connectivity index (χ1n) is 11.7. The van der Waals surface area contributed by atoms with E-state index in [0.717, 1.165) is 22.8 Å². The highest BCUT2D eigenvalue weighted by atomic mass is 35.5. The van der Waals surface area contributed by atoms with Crippen molar-refractivity contribution in [1.82, 2.24) is 14.5 Å². The molecule has 0 radical (unpaired) electrons. The van der Waals surface area contributed by atoms with Gasteiger partial charge < -0.3 is 19.8 Å². The number of benzene rings is 2. The van der Waals surface area contributed by atoms with Crippen molar-refractivity contribution in [1.29, 1.82) is 0 Å². The Morgan fingerprint density at radius 3 is 2.54 bits per heavy atom. The van der Waals surface area contributed by atoms with Crippen LogP contribution < -0.4 is 9.62 Å². The fourth-order valence-electron chi connectivity index (χ4n) is 3.92. The summed E-state index contributed by atoms with van der Waals surface area (Å²) in [6.45, 7) is 1.03. The Hall–Kier alpha value is -3.10. The van der Waals surface area contributed by atoms with Crippen LogP contribution in [0, 0.1) is 5.82 Å². The van der Waals surface area contributed by atoms with Crippen molar-refractivity contribution in [3.63, 3.8) is 0 Å². The molecular weight excluding hydrogens is 571 g/mol. The lowest BCUT2D eigenvalue weighted by molar-refractivity contribution is -0.123. The zero-order chi connectivity index (χ0) is 28.9. The second-order valence-electron chi connectivity index (χ2n) is 9.00. The van der Waals surface area contributed by atoms with E-state index in [4.69, 9.17) is 21.5 Å². The van der Waals surface area contributed by atoms with Gasteiger partial charge in [-0.15, -0.1) is 11.3 Å². The van der Waals surface area contributed by atoms with Crippen molar-refractivity contribution in [2.24, 2.45) is 0 Å². The van der Waals surface area contributed by atoms with Gasteiger partial charge in [-0.3, -0.25) is 14.4 Å². The van der Waals surface area contributed by atoms with Crippen LogP contribution in [0.1, 0.15) is 16.8 Å². The Morgan fingerprint density at radius 1 is 1.21 bits per heavy atom. The third kappa shape index (κ3) is 7.31. The number of fused-ring (bicyclic) bond motifs is 1. The molecule has 210 valence electrons. The van der Waals surface area contributed by atoms with Gasteiger partial charge in [0.05, 0.1) is 5.69 Å². The fourth-order valence-corrected chi connectivity index (χ4v) is 6.83. The monoisotopic (exact) mass is 598 g/mol. The van der Waals surface area contributed by atoms with Crippen molar-refractivity contribution < 1.29 is 32.3 Å². The summed E-state index contributed by atoms with van der Waals surface area (Å²) in [5, 5.41) is 8.12. The highest BCUT2D eigenvalue weighted by Crippen LogP contribution is 2.32. The number of amides is 2. The zero-order valence-corrected chi connectivity index (χ0v) is 23.8. The molecule has 1 atom stereocenters. The van der Waals surface area contributed by atoms with E-state index < -0.39 is 27.8 Å². The van der Waals surface area contributed by atoms with Crippen LogP contribution in [0.15, 0.2) is 46.7 Å². The molecule has 1 aliphatic heterocycles. The molecule has 0 saturated carbocycles. The highest BCUT2D eigenvalue weighted by Gasteiger charge is 2.37. The number of carbonyl (C=O) groups is 3. The maximum absolute atomic E-state index is 15.0. The molecule has 2 N–H and O–H groups in total. The fraction of sp³-hybridized carbons (Fsp3) is 0.320. The summed E-state index contributed by atoms with van der Waals surface area (Å²) in [5.41, 5.74) is 0.178. The average molecular weight is 599 g/mol. The Labute approximate surface area is 234 Å². The number of rotatable bonds is 8. The molecule has 2 aromatic carbocycles. The standard InChI is InChI=1S/C24H26ClFN4O4S2.CH2O2/c1-28(2)10-11-29(3)23(31)16-5-7-20(18(26)12-16)30-9-8-19(24(30)32)27-36(33,34)22-13-15-4-6-17(25)14-21(15)35-22;2-1-3/h4-7,12-14,19,27H,8-11H2,1-3H3;1H,(H,2,3). The largest absolute Gasteiger partial charge is 0.483 e. The molecule has 0 bridgehead atoms. The molecular formula is C25H28ClFN4O6S2. The molecule has 3 aromatic rings. The molecule has 1 unspecified atom stereocenters. The van der Waals surface area contributed by atoms with Crippen LogP contribution in [-0.2, 0) is 19.6 Å². The number of thiophene rings is 1. The first-order chi connectivity index (χ1) is 18.4. The predicted octanol–water partition coefficient (Wildman–Crippen LogP) is 3.11. The molecule has 10 nitrogen and oxygen atoms in total. The molecule has 2 amide bonds. The van der Waals surface area contributed by atoms with Crippen LogP contribution in [0.25, 0.3) is 10.1 Å². The van der Waals surface area contributed by atoms with Gasteiger partial charge in [0.25, 0.3) is 22.4 Å². The summed E-state index contributed by atoms with van der Waals surface area (Å²) in [6, 6.07) is 9.55. The van der Waals surface area contributed by atoms with E-state index in [1.807, 2.05) is 19.0 Å². The summed E-state index contributed by atoms with van der Waals surface area (Å²) >= 11 is 7.05. The lowest BCUT2D eigenvalue weighted by Crippen LogP contribution is -2.41. The molecule has 1 aliphatic rings. The third-order valence-corrected chi connectivity index (χ3v) is 9.22. The van der Waals surface area contributed by atoms with Crippen LogP contribution >= 0.6 is 22.9 Å². The number of likely N-dealkylation sites (N-methyl/N-ethyl adjacent to an activating group) is 2. The van der Waals surface area contributed by atoms with Gasteiger partial charge in [0.15, 0.2) is 0 Å². The Balaban J connectivity index is 0.00000134. The molecule has 0 aliphatic carbocycles. The number of hydrogen-bond acceptors (Lipinski definition) is 7. The van der Waals surface area contributed by atoms with E-state index in [1.54, 1.807) is 25.2 Å². The second-order valence-corrected chi connectivity index (χ2v) is 12.5. The van der Waals surface area contributed by atoms with E-state index in [9.17, 15) is 22.4 Å². The van der Waals surface area contributed by atoms with Crippen LogP contribution in [0.4, 0.5) is 10.1 Å². The lowest BCUT2D eigenvalue weighted by atomic mass is 10.1. The second kappa shape index (κ2) is 12.8.